The lowest BCUT2D eigenvalue weighted by Gasteiger charge is -2.35. The molecule has 96 valence electrons. The number of amides is 1. The maximum atomic E-state index is 12.3. The van der Waals surface area contributed by atoms with Crippen LogP contribution in [0.4, 0.5) is 0 Å². The Labute approximate surface area is 99.5 Å². The second-order valence-electron chi connectivity index (χ2n) is 4.43. The lowest BCUT2D eigenvalue weighted by molar-refractivity contribution is -0.161. The zero-order valence-corrected chi connectivity index (χ0v) is 9.80. The highest BCUT2D eigenvalue weighted by molar-refractivity contribution is 5.85. The van der Waals surface area contributed by atoms with Crippen LogP contribution in [0.5, 0.6) is 0 Å². The molecule has 2 aliphatic heterocycles. The van der Waals surface area contributed by atoms with Crippen LogP contribution in [-0.4, -0.2) is 60.4 Å². The van der Waals surface area contributed by atoms with Crippen LogP contribution < -0.4 is 0 Å². The van der Waals surface area contributed by atoms with Gasteiger partial charge in [0.2, 0.25) is 5.91 Å². The van der Waals surface area contributed by atoms with E-state index in [4.69, 9.17) is 14.6 Å². The molecule has 3 atom stereocenters. The number of morpholine rings is 1. The Morgan fingerprint density at radius 3 is 2.71 bits per heavy atom. The number of aliphatic carboxylic acids is 1. The molecule has 2 saturated heterocycles. The summed E-state index contributed by atoms with van der Waals surface area (Å²) in [5.41, 5.74) is 0. The molecule has 2 heterocycles. The van der Waals surface area contributed by atoms with Crippen molar-refractivity contribution in [3.8, 4) is 0 Å². The van der Waals surface area contributed by atoms with E-state index in [2.05, 4.69) is 0 Å². The number of ether oxygens (including phenoxy) is 2. The van der Waals surface area contributed by atoms with Crippen molar-refractivity contribution in [3.63, 3.8) is 0 Å². The van der Waals surface area contributed by atoms with Gasteiger partial charge in [-0.05, 0) is 13.3 Å². The molecule has 0 bridgehead atoms. The second kappa shape index (κ2) is 5.01. The summed E-state index contributed by atoms with van der Waals surface area (Å²) >= 11 is 0. The highest BCUT2D eigenvalue weighted by Gasteiger charge is 2.39. The standard InChI is InChI=1S/C11H17NO5/c1-7-8(2-4-17-7)10(13)12-3-5-16-6-9(12)11(14)15/h7-9H,2-6H2,1H3,(H,14,15). The molecule has 2 rings (SSSR count). The first-order valence-corrected chi connectivity index (χ1v) is 5.84. The molecule has 0 spiro atoms. The predicted octanol–water partition coefficient (Wildman–Crippen LogP) is -0.277. The van der Waals surface area contributed by atoms with E-state index >= 15 is 0 Å². The third kappa shape index (κ3) is 2.42. The van der Waals surface area contributed by atoms with Crippen LogP contribution in [0.25, 0.3) is 0 Å². The maximum absolute atomic E-state index is 12.3. The molecule has 0 aromatic carbocycles. The number of carbonyl (C=O) groups excluding carboxylic acids is 1. The molecule has 2 fully saturated rings. The van der Waals surface area contributed by atoms with Gasteiger partial charge in [0, 0.05) is 13.2 Å². The molecule has 0 aromatic heterocycles. The molecular weight excluding hydrogens is 226 g/mol. The first-order chi connectivity index (χ1) is 8.11. The summed E-state index contributed by atoms with van der Waals surface area (Å²) in [6.45, 7) is 3.24. The van der Waals surface area contributed by atoms with Gasteiger partial charge in [-0.15, -0.1) is 0 Å². The van der Waals surface area contributed by atoms with Crippen LogP contribution in [0, 0.1) is 5.92 Å². The lowest BCUT2D eigenvalue weighted by atomic mass is 9.99. The second-order valence-corrected chi connectivity index (χ2v) is 4.43. The molecule has 0 radical (unpaired) electrons. The van der Waals surface area contributed by atoms with Crippen LogP contribution in [0.1, 0.15) is 13.3 Å². The Morgan fingerprint density at radius 1 is 1.35 bits per heavy atom. The van der Waals surface area contributed by atoms with E-state index in [1.807, 2.05) is 6.92 Å². The normalized spacial score (nSPS) is 33.7. The minimum absolute atomic E-state index is 0.0725. The third-order valence-electron chi connectivity index (χ3n) is 3.39. The zero-order chi connectivity index (χ0) is 12.4. The van der Waals surface area contributed by atoms with E-state index in [0.717, 1.165) is 0 Å². The molecule has 0 aliphatic carbocycles. The molecule has 6 nitrogen and oxygen atoms in total. The number of carboxylic acids is 1. The number of nitrogens with zero attached hydrogens (tertiary/aromatic N) is 1. The summed E-state index contributed by atoms with van der Waals surface area (Å²) in [6.07, 6.45) is 0.545. The van der Waals surface area contributed by atoms with Crippen molar-refractivity contribution in [3.05, 3.63) is 0 Å². The van der Waals surface area contributed by atoms with Crippen LogP contribution in [-0.2, 0) is 19.1 Å². The minimum Gasteiger partial charge on any atom is -0.480 e. The zero-order valence-electron chi connectivity index (χ0n) is 9.80. The van der Waals surface area contributed by atoms with Crippen molar-refractivity contribution in [2.75, 3.05) is 26.4 Å². The summed E-state index contributed by atoms with van der Waals surface area (Å²) in [4.78, 5) is 24.7. The molecule has 1 N–H and O–H groups in total. The van der Waals surface area contributed by atoms with Gasteiger partial charge in [0.15, 0.2) is 6.04 Å². The molecule has 3 unspecified atom stereocenters. The van der Waals surface area contributed by atoms with Gasteiger partial charge in [-0.25, -0.2) is 4.79 Å². The van der Waals surface area contributed by atoms with Gasteiger partial charge in [0.05, 0.1) is 25.2 Å². The third-order valence-corrected chi connectivity index (χ3v) is 3.39. The molecular formula is C11H17NO5. The molecule has 1 amide bonds. The monoisotopic (exact) mass is 243 g/mol. The fraction of sp³-hybridized carbons (Fsp3) is 0.818. The Bertz CT molecular complexity index is 319. The number of hydrogen-bond donors (Lipinski definition) is 1. The van der Waals surface area contributed by atoms with Crippen molar-refractivity contribution in [1.82, 2.24) is 4.90 Å². The first-order valence-electron chi connectivity index (χ1n) is 5.84. The van der Waals surface area contributed by atoms with Gasteiger partial charge in [-0.1, -0.05) is 0 Å². The number of rotatable bonds is 2. The van der Waals surface area contributed by atoms with Crippen molar-refractivity contribution in [2.45, 2.75) is 25.5 Å². The largest absolute Gasteiger partial charge is 0.480 e. The Morgan fingerprint density at radius 2 is 2.12 bits per heavy atom. The van der Waals surface area contributed by atoms with Gasteiger partial charge in [-0.2, -0.15) is 0 Å². The SMILES string of the molecule is CC1OCCC1C(=O)N1CCOCC1C(=O)O. The van der Waals surface area contributed by atoms with Gasteiger partial charge >= 0.3 is 5.97 Å². The average molecular weight is 243 g/mol. The highest BCUT2D eigenvalue weighted by atomic mass is 16.5. The quantitative estimate of drug-likeness (QED) is 0.722. The van der Waals surface area contributed by atoms with Gasteiger partial charge in [0.25, 0.3) is 0 Å². The summed E-state index contributed by atoms with van der Waals surface area (Å²) in [5, 5.41) is 9.06. The van der Waals surface area contributed by atoms with E-state index in [9.17, 15) is 9.59 Å². The van der Waals surface area contributed by atoms with Crippen molar-refractivity contribution in [2.24, 2.45) is 5.92 Å². The highest BCUT2D eigenvalue weighted by Crippen LogP contribution is 2.24. The molecule has 0 aromatic rings. The topological polar surface area (TPSA) is 76.1 Å². The molecule has 6 heteroatoms. The summed E-state index contributed by atoms with van der Waals surface area (Å²) < 4.78 is 10.5. The molecule has 2 aliphatic rings. The van der Waals surface area contributed by atoms with E-state index < -0.39 is 12.0 Å². The first kappa shape index (κ1) is 12.3. The van der Waals surface area contributed by atoms with Crippen LogP contribution >= 0.6 is 0 Å². The van der Waals surface area contributed by atoms with Gasteiger partial charge in [-0.3, -0.25) is 4.79 Å². The summed E-state index contributed by atoms with van der Waals surface area (Å²) in [7, 11) is 0. The van der Waals surface area contributed by atoms with E-state index in [-0.39, 0.29) is 24.5 Å². The smallest absolute Gasteiger partial charge is 0.328 e. The predicted molar refractivity (Wildman–Crippen MR) is 57.5 cm³/mol. The fourth-order valence-electron chi connectivity index (χ4n) is 2.34. The van der Waals surface area contributed by atoms with E-state index in [0.29, 0.717) is 26.2 Å². The van der Waals surface area contributed by atoms with E-state index in [1.54, 1.807) is 0 Å². The average Bonchev–Trinajstić information content (AvgIpc) is 2.74. The number of carbonyl (C=O) groups is 2. The molecule has 17 heavy (non-hydrogen) atoms. The lowest BCUT2D eigenvalue weighted by Crippen LogP contribution is -2.54. The Kier molecular flexibility index (Phi) is 3.63. The van der Waals surface area contributed by atoms with Gasteiger partial charge in [0.1, 0.15) is 0 Å². The van der Waals surface area contributed by atoms with Crippen LogP contribution in [0.3, 0.4) is 0 Å². The van der Waals surface area contributed by atoms with Crippen molar-refractivity contribution in [1.29, 1.82) is 0 Å². The molecule has 0 saturated carbocycles. The maximum Gasteiger partial charge on any atom is 0.328 e. The fourth-order valence-corrected chi connectivity index (χ4v) is 2.34. The van der Waals surface area contributed by atoms with Gasteiger partial charge < -0.3 is 19.5 Å². The van der Waals surface area contributed by atoms with Crippen LogP contribution in [0.2, 0.25) is 0 Å². The number of hydrogen-bond acceptors (Lipinski definition) is 4. The summed E-state index contributed by atoms with van der Waals surface area (Å²) in [6, 6.07) is -0.857. The Hall–Kier alpha value is -1.14. The van der Waals surface area contributed by atoms with Crippen LogP contribution in [0.15, 0.2) is 0 Å². The number of carboxylic acid groups (broad SMARTS) is 1. The minimum atomic E-state index is -1.01. The summed E-state index contributed by atoms with van der Waals surface area (Å²) in [5.74, 6) is -1.34. The van der Waals surface area contributed by atoms with Crippen molar-refractivity contribution >= 4 is 11.9 Å². The van der Waals surface area contributed by atoms with E-state index in [1.165, 1.54) is 4.90 Å². The van der Waals surface area contributed by atoms with Crippen molar-refractivity contribution < 1.29 is 24.2 Å². The Balaban J connectivity index is 2.08.